The first-order valence-electron chi connectivity index (χ1n) is 5.08. The van der Waals surface area contributed by atoms with Gasteiger partial charge in [0.15, 0.2) is 0 Å². The first kappa shape index (κ1) is 9.07. The molecule has 76 valence electrons. The molecule has 0 atom stereocenters. The average Bonchev–Trinajstić information content (AvgIpc) is 2.84. The van der Waals surface area contributed by atoms with Gasteiger partial charge < -0.3 is 5.32 Å². The SMILES string of the molecule is Cc1nc(-c2ccc3c(c2)CNC3)cs1. The zero-order chi connectivity index (χ0) is 10.3. The van der Waals surface area contributed by atoms with Crippen LogP contribution >= 0.6 is 11.3 Å². The molecule has 2 heterocycles. The molecule has 0 bridgehead atoms. The lowest BCUT2D eigenvalue weighted by atomic mass is 10.1. The Balaban J connectivity index is 2.06. The summed E-state index contributed by atoms with van der Waals surface area (Å²) >= 11 is 1.71. The van der Waals surface area contributed by atoms with Crippen LogP contribution in [0.1, 0.15) is 16.1 Å². The topological polar surface area (TPSA) is 24.9 Å². The highest BCUT2D eigenvalue weighted by molar-refractivity contribution is 7.09. The molecular formula is C12H12N2S. The smallest absolute Gasteiger partial charge is 0.0901 e. The third-order valence-electron chi connectivity index (χ3n) is 2.75. The normalized spacial score (nSPS) is 14.2. The van der Waals surface area contributed by atoms with Crippen LogP contribution in [0, 0.1) is 6.92 Å². The highest BCUT2D eigenvalue weighted by Crippen LogP contribution is 2.25. The third kappa shape index (κ3) is 1.58. The summed E-state index contributed by atoms with van der Waals surface area (Å²) in [6, 6.07) is 6.63. The minimum atomic E-state index is 0.992. The Morgan fingerprint density at radius 3 is 2.93 bits per heavy atom. The summed E-state index contributed by atoms with van der Waals surface area (Å²) in [4.78, 5) is 4.50. The molecule has 0 aliphatic carbocycles. The number of nitrogens with zero attached hydrogens (tertiary/aromatic N) is 1. The minimum Gasteiger partial charge on any atom is -0.309 e. The van der Waals surface area contributed by atoms with Gasteiger partial charge in [0.05, 0.1) is 10.7 Å². The number of aromatic nitrogens is 1. The molecule has 0 fully saturated rings. The maximum Gasteiger partial charge on any atom is 0.0901 e. The van der Waals surface area contributed by atoms with Crippen molar-refractivity contribution < 1.29 is 0 Å². The second-order valence-corrected chi connectivity index (χ2v) is 4.90. The maximum atomic E-state index is 4.50. The van der Waals surface area contributed by atoms with Crippen molar-refractivity contribution in [2.75, 3.05) is 0 Å². The Morgan fingerprint density at radius 1 is 1.27 bits per heavy atom. The first-order chi connectivity index (χ1) is 7.33. The number of rotatable bonds is 1. The lowest BCUT2D eigenvalue weighted by Gasteiger charge is -2.01. The molecule has 1 aromatic carbocycles. The van der Waals surface area contributed by atoms with Crippen molar-refractivity contribution in [3.8, 4) is 11.3 Å². The van der Waals surface area contributed by atoms with E-state index in [-0.39, 0.29) is 0 Å². The van der Waals surface area contributed by atoms with Gasteiger partial charge in [-0.05, 0) is 24.1 Å². The maximum absolute atomic E-state index is 4.50. The van der Waals surface area contributed by atoms with Gasteiger partial charge in [-0.2, -0.15) is 0 Å². The van der Waals surface area contributed by atoms with Crippen LogP contribution in [-0.4, -0.2) is 4.98 Å². The summed E-state index contributed by atoms with van der Waals surface area (Å²) in [6.07, 6.45) is 0. The summed E-state index contributed by atoms with van der Waals surface area (Å²) in [5, 5.41) is 6.61. The largest absolute Gasteiger partial charge is 0.309 e. The number of benzene rings is 1. The second-order valence-electron chi connectivity index (χ2n) is 3.84. The lowest BCUT2D eigenvalue weighted by Crippen LogP contribution is -1.99. The van der Waals surface area contributed by atoms with Gasteiger partial charge in [-0.3, -0.25) is 0 Å². The van der Waals surface area contributed by atoms with Crippen LogP contribution < -0.4 is 5.32 Å². The van der Waals surface area contributed by atoms with Gasteiger partial charge in [0.1, 0.15) is 0 Å². The van der Waals surface area contributed by atoms with Gasteiger partial charge in [-0.1, -0.05) is 12.1 Å². The van der Waals surface area contributed by atoms with Crippen molar-refractivity contribution in [1.29, 1.82) is 0 Å². The highest BCUT2D eigenvalue weighted by atomic mass is 32.1. The molecule has 1 aliphatic rings. The third-order valence-corrected chi connectivity index (χ3v) is 3.53. The highest BCUT2D eigenvalue weighted by Gasteiger charge is 2.11. The van der Waals surface area contributed by atoms with Gasteiger partial charge in [-0.15, -0.1) is 11.3 Å². The van der Waals surface area contributed by atoms with Crippen LogP contribution in [-0.2, 0) is 13.1 Å². The Labute approximate surface area is 93.0 Å². The zero-order valence-electron chi connectivity index (χ0n) is 8.58. The monoisotopic (exact) mass is 216 g/mol. The first-order valence-corrected chi connectivity index (χ1v) is 5.96. The van der Waals surface area contributed by atoms with E-state index < -0.39 is 0 Å². The van der Waals surface area contributed by atoms with E-state index in [9.17, 15) is 0 Å². The van der Waals surface area contributed by atoms with E-state index in [1.807, 2.05) is 6.92 Å². The van der Waals surface area contributed by atoms with Crippen LogP contribution in [0.2, 0.25) is 0 Å². The van der Waals surface area contributed by atoms with Crippen LogP contribution in [0.3, 0.4) is 0 Å². The second kappa shape index (κ2) is 3.43. The van der Waals surface area contributed by atoms with Crippen LogP contribution in [0.25, 0.3) is 11.3 Å². The summed E-state index contributed by atoms with van der Waals surface area (Å²) in [6.45, 7) is 4.04. The number of aryl methyl sites for hydroxylation is 1. The van der Waals surface area contributed by atoms with E-state index >= 15 is 0 Å². The van der Waals surface area contributed by atoms with Crippen molar-refractivity contribution in [1.82, 2.24) is 10.3 Å². The standard InChI is InChI=1S/C12H12N2S/c1-8-14-12(7-15-8)9-2-3-10-5-13-6-11(10)4-9/h2-4,7,13H,5-6H2,1H3. The number of hydrogen-bond donors (Lipinski definition) is 1. The molecule has 1 aromatic heterocycles. The summed E-state index contributed by atoms with van der Waals surface area (Å²) in [5.41, 5.74) is 5.18. The number of nitrogens with one attached hydrogen (secondary N) is 1. The van der Waals surface area contributed by atoms with Crippen LogP contribution in [0.5, 0.6) is 0 Å². The van der Waals surface area contributed by atoms with Gasteiger partial charge in [-0.25, -0.2) is 4.98 Å². The molecule has 1 aliphatic heterocycles. The molecule has 0 saturated carbocycles. The van der Waals surface area contributed by atoms with E-state index in [0.29, 0.717) is 0 Å². The van der Waals surface area contributed by atoms with Crippen molar-refractivity contribution in [3.63, 3.8) is 0 Å². The molecule has 0 amide bonds. The Kier molecular flexibility index (Phi) is 2.08. The molecule has 3 heteroatoms. The summed E-state index contributed by atoms with van der Waals surface area (Å²) in [5.74, 6) is 0. The van der Waals surface area contributed by atoms with Gasteiger partial charge in [0.25, 0.3) is 0 Å². The van der Waals surface area contributed by atoms with E-state index in [1.54, 1.807) is 11.3 Å². The zero-order valence-corrected chi connectivity index (χ0v) is 9.40. The average molecular weight is 216 g/mol. The summed E-state index contributed by atoms with van der Waals surface area (Å²) < 4.78 is 0. The molecular weight excluding hydrogens is 204 g/mol. The molecule has 3 rings (SSSR count). The van der Waals surface area contributed by atoms with E-state index in [2.05, 4.69) is 33.9 Å². The van der Waals surface area contributed by atoms with Crippen molar-refractivity contribution in [2.45, 2.75) is 20.0 Å². The number of hydrogen-bond acceptors (Lipinski definition) is 3. The molecule has 15 heavy (non-hydrogen) atoms. The molecule has 1 N–H and O–H groups in total. The lowest BCUT2D eigenvalue weighted by molar-refractivity contribution is 0.765. The molecule has 0 spiro atoms. The molecule has 0 radical (unpaired) electrons. The van der Waals surface area contributed by atoms with Crippen LogP contribution in [0.15, 0.2) is 23.6 Å². The number of fused-ring (bicyclic) bond motifs is 1. The fraction of sp³-hybridized carbons (Fsp3) is 0.250. The Hall–Kier alpha value is -1.19. The Morgan fingerprint density at radius 2 is 2.13 bits per heavy atom. The Bertz CT molecular complexity index is 502. The predicted molar refractivity (Wildman–Crippen MR) is 62.8 cm³/mol. The fourth-order valence-electron chi connectivity index (χ4n) is 1.95. The van der Waals surface area contributed by atoms with E-state index in [4.69, 9.17) is 0 Å². The van der Waals surface area contributed by atoms with Crippen molar-refractivity contribution in [3.05, 3.63) is 39.7 Å². The number of thiazole rings is 1. The van der Waals surface area contributed by atoms with Gasteiger partial charge in [0.2, 0.25) is 0 Å². The molecule has 0 saturated heterocycles. The molecule has 2 aromatic rings. The van der Waals surface area contributed by atoms with Gasteiger partial charge in [0, 0.05) is 24.0 Å². The quantitative estimate of drug-likeness (QED) is 0.792. The minimum absolute atomic E-state index is 0.992. The molecule has 0 unspecified atom stereocenters. The summed E-state index contributed by atoms with van der Waals surface area (Å²) in [7, 11) is 0. The fourth-order valence-corrected chi connectivity index (χ4v) is 2.57. The van der Waals surface area contributed by atoms with Crippen molar-refractivity contribution >= 4 is 11.3 Å². The predicted octanol–water partition coefficient (Wildman–Crippen LogP) is 2.72. The van der Waals surface area contributed by atoms with E-state index in [0.717, 1.165) is 23.8 Å². The van der Waals surface area contributed by atoms with E-state index in [1.165, 1.54) is 16.7 Å². The van der Waals surface area contributed by atoms with Crippen LogP contribution in [0.4, 0.5) is 0 Å². The van der Waals surface area contributed by atoms with Crippen molar-refractivity contribution in [2.24, 2.45) is 0 Å². The molecule has 2 nitrogen and oxygen atoms in total. The van der Waals surface area contributed by atoms with Gasteiger partial charge >= 0.3 is 0 Å².